The van der Waals surface area contributed by atoms with Crippen LogP contribution >= 0.6 is 0 Å². The third-order valence-electron chi connectivity index (χ3n) is 2.97. The van der Waals surface area contributed by atoms with E-state index in [1.807, 2.05) is 36.5 Å². The van der Waals surface area contributed by atoms with Crippen LogP contribution in [0, 0.1) is 13.8 Å². The largest absolute Gasteiger partial charge is 0.497 e. The average Bonchev–Trinajstić information content (AvgIpc) is 2.41. The van der Waals surface area contributed by atoms with Crippen LogP contribution in [0.5, 0.6) is 5.75 Å². The molecule has 0 radical (unpaired) electrons. The summed E-state index contributed by atoms with van der Waals surface area (Å²) in [6, 6.07) is 14.1. The summed E-state index contributed by atoms with van der Waals surface area (Å²) in [6.45, 7) is 4.20. The number of rotatable bonds is 3. The first-order valence-electron chi connectivity index (χ1n) is 5.94. The number of ether oxygens (including phenoxy) is 1. The Morgan fingerprint density at radius 1 is 0.944 bits per heavy atom. The van der Waals surface area contributed by atoms with Crippen molar-refractivity contribution in [2.24, 2.45) is 4.99 Å². The molecule has 0 aliphatic heterocycles. The molecule has 0 bridgehead atoms. The van der Waals surface area contributed by atoms with Crippen molar-refractivity contribution < 1.29 is 4.74 Å². The van der Waals surface area contributed by atoms with E-state index in [0.717, 1.165) is 17.0 Å². The molecule has 0 aromatic heterocycles. The Labute approximate surface area is 108 Å². The first-order chi connectivity index (χ1) is 8.69. The molecule has 0 aliphatic rings. The third kappa shape index (κ3) is 2.98. The summed E-state index contributed by atoms with van der Waals surface area (Å²) in [4.78, 5) is 4.47. The van der Waals surface area contributed by atoms with Crippen LogP contribution in [0.1, 0.15) is 16.7 Å². The van der Waals surface area contributed by atoms with E-state index in [9.17, 15) is 0 Å². The van der Waals surface area contributed by atoms with Crippen molar-refractivity contribution in [2.75, 3.05) is 7.11 Å². The number of benzene rings is 2. The summed E-state index contributed by atoms with van der Waals surface area (Å²) in [7, 11) is 1.66. The molecule has 2 heteroatoms. The highest BCUT2D eigenvalue weighted by molar-refractivity contribution is 5.82. The highest BCUT2D eigenvalue weighted by atomic mass is 16.5. The van der Waals surface area contributed by atoms with Crippen LogP contribution in [0.3, 0.4) is 0 Å². The molecular formula is C16H17NO. The smallest absolute Gasteiger partial charge is 0.118 e. The molecule has 2 nitrogen and oxygen atoms in total. The van der Waals surface area contributed by atoms with Crippen LogP contribution in [0.2, 0.25) is 0 Å². The maximum absolute atomic E-state index is 5.12. The maximum Gasteiger partial charge on any atom is 0.118 e. The van der Waals surface area contributed by atoms with Crippen molar-refractivity contribution in [3.8, 4) is 5.75 Å². The zero-order valence-corrected chi connectivity index (χ0v) is 11.0. The molecule has 0 spiro atoms. The molecule has 18 heavy (non-hydrogen) atoms. The second-order valence-corrected chi connectivity index (χ2v) is 4.30. The van der Waals surface area contributed by atoms with E-state index in [0.29, 0.717) is 0 Å². The lowest BCUT2D eigenvalue weighted by Gasteiger charge is -2.01. The van der Waals surface area contributed by atoms with Crippen LogP contribution in [0.15, 0.2) is 47.5 Å². The van der Waals surface area contributed by atoms with Gasteiger partial charge < -0.3 is 4.74 Å². The van der Waals surface area contributed by atoms with Crippen LogP contribution in [-0.4, -0.2) is 13.3 Å². The number of hydrogen-bond acceptors (Lipinski definition) is 2. The standard InChI is InChI=1S/C16H17NO/c1-12-4-7-15(10-13(12)2)17-11-14-5-8-16(18-3)9-6-14/h4-11H,1-3H3. The molecule has 0 atom stereocenters. The van der Waals surface area contributed by atoms with Gasteiger partial charge >= 0.3 is 0 Å². The number of nitrogens with zero attached hydrogens (tertiary/aromatic N) is 1. The van der Waals surface area contributed by atoms with Gasteiger partial charge in [-0.1, -0.05) is 6.07 Å². The van der Waals surface area contributed by atoms with E-state index in [4.69, 9.17) is 4.74 Å². The van der Waals surface area contributed by atoms with Gasteiger partial charge in [0.1, 0.15) is 5.75 Å². The predicted molar refractivity (Wildman–Crippen MR) is 76.2 cm³/mol. The molecule has 0 amide bonds. The van der Waals surface area contributed by atoms with Gasteiger partial charge in [0.05, 0.1) is 12.8 Å². The van der Waals surface area contributed by atoms with Crippen LogP contribution in [0.25, 0.3) is 0 Å². The Bertz CT molecular complexity index is 556. The molecule has 0 saturated heterocycles. The number of hydrogen-bond donors (Lipinski definition) is 0. The highest BCUT2D eigenvalue weighted by Crippen LogP contribution is 2.17. The average molecular weight is 239 g/mol. The summed E-state index contributed by atoms with van der Waals surface area (Å²) in [6.07, 6.45) is 1.86. The second kappa shape index (κ2) is 5.50. The number of aryl methyl sites for hydroxylation is 2. The van der Waals surface area contributed by atoms with E-state index >= 15 is 0 Å². The van der Waals surface area contributed by atoms with Crippen molar-refractivity contribution in [3.05, 3.63) is 59.2 Å². The van der Waals surface area contributed by atoms with Gasteiger partial charge in [0, 0.05) is 6.21 Å². The van der Waals surface area contributed by atoms with E-state index in [1.54, 1.807) is 7.11 Å². The minimum atomic E-state index is 0.860. The summed E-state index contributed by atoms with van der Waals surface area (Å²) in [5, 5.41) is 0. The normalized spacial score (nSPS) is 10.8. The lowest BCUT2D eigenvalue weighted by molar-refractivity contribution is 0.415. The Morgan fingerprint density at radius 3 is 2.28 bits per heavy atom. The Kier molecular flexibility index (Phi) is 3.78. The molecule has 0 unspecified atom stereocenters. The van der Waals surface area contributed by atoms with Gasteiger partial charge in [-0.05, 0) is 66.9 Å². The zero-order chi connectivity index (χ0) is 13.0. The van der Waals surface area contributed by atoms with Crippen molar-refractivity contribution in [1.82, 2.24) is 0 Å². The van der Waals surface area contributed by atoms with Gasteiger partial charge in [-0.2, -0.15) is 0 Å². The molecule has 0 aliphatic carbocycles. The van der Waals surface area contributed by atoms with Gasteiger partial charge in [0.15, 0.2) is 0 Å². The fourth-order valence-electron chi connectivity index (χ4n) is 1.64. The summed E-state index contributed by atoms with van der Waals surface area (Å²) >= 11 is 0. The van der Waals surface area contributed by atoms with E-state index in [1.165, 1.54) is 11.1 Å². The first kappa shape index (κ1) is 12.4. The minimum Gasteiger partial charge on any atom is -0.497 e. The summed E-state index contributed by atoms with van der Waals surface area (Å²) < 4.78 is 5.12. The fraction of sp³-hybridized carbons (Fsp3) is 0.188. The van der Waals surface area contributed by atoms with Crippen molar-refractivity contribution >= 4 is 11.9 Å². The van der Waals surface area contributed by atoms with Gasteiger partial charge in [-0.3, -0.25) is 4.99 Å². The van der Waals surface area contributed by atoms with Crippen molar-refractivity contribution in [3.63, 3.8) is 0 Å². The summed E-state index contributed by atoms with van der Waals surface area (Å²) in [5.41, 5.74) is 4.60. The second-order valence-electron chi connectivity index (χ2n) is 4.30. The maximum atomic E-state index is 5.12. The Morgan fingerprint density at radius 2 is 1.67 bits per heavy atom. The zero-order valence-electron chi connectivity index (χ0n) is 11.0. The van der Waals surface area contributed by atoms with E-state index in [2.05, 4.69) is 31.0 Å². The molecule has 2 aromatic rings. The van der Waals surface area contributed by atoms with Crippen LogP contribution in [0.4, 0.5) is 5.69 Å². The predicted octanol–water partition coefficient (Wildman–Crippen LogP) is 4.06. The van der Waals surface area contributed by atoms with Gasteiger partial charge in [-0.25, -0.2) is 0 Å². The highest BCUT2D eigenvalue weighted by Gasteiger charge is 1.94. The molecule has 2 rings (SSSR count). The van der Waals surface area contributed by atoms with E-state index in [-0.39, 0.29) is 0 Å². The van der Waals surface area contributed by atoms with Gasteiger partial charge in [0.2, 0.25) is 0 Å². The molecule has 2 aromatic carbocycles. The molecule has 0 saturated carbocycles. The SMILES string of the molecule is COc1ccc(C=Nc2ccc(C)c(C)c2)cc1. The lowest BCUT2D eigenvalue weighted by Crippen LogP contribution is -1.84. The third-order valence-corrected chi connectivity index (χ3v) is 2.97. The molecule has 0 N–H and O–H groups in total. The monoisotopic (exact) mass is 239 g/mol. The molecular weight excluding hydrogens is 222 g/mol. The van der Waals surface area contributed by atoms with Gasteiger partial charge in [0.25, 0.3) is 0 Å². The Balaban J connectivity index is 2.16. The number of aliphatic imine (C=N–C) groups is 1. The Hall–Kier alpha value is -2.09. The minimum absolute atomic E-state index is 0.860. The first-order valence-corrected chi connectivity index (χ1v) is 5.94. The summed E-state index contributed by atoms with van der Waals surface area (Å²) in [5.74, 6) is 0.860. The van der Waals surface area contributed by atoms with Crippen molar-refractivity contribution in [1.29, 1.82) is 0 Å². The fourth-order valence-corrected chi connectivity index (χ4v) is 1.64. The molecule has 92 valence electrons. The van der Waals surface area contributed by atoms with Crippen LogP contribution < -0.4 is 4.74 Å². The van der Waals surface area contributed by atoms with Crippen molar-refractivity contribution in [2.45, 2.75) is 13.8 Å². The van der Waals surface area contributed by atoms with E-state index < -0.39 is 0 Å². The van der Waals surface area contributed by atoms with Crippen LogP contribution in [-0.2, 0) is 0 Å². The van der Waals surface area contributed by atoms with Gasteiger partial charge in [-0.15, -0.1) is 0 Å². The topological polar surface area (TPSA) is 21.6 Å². The molecule has 0 heterocycles. The quantitative estimate of drug-likeness (QED) is 0.740. The molecule has 0 fully saturated rings. The lowest BCUT2D eigenvalue weighted by atomic mass is 10.1. The number of methoxy groups -OCH3 is 1.